The van der Waals surface area contributed by atoms with Crippen molar-refractivity contribution in [1.29, 1.82) is 0 Å². The number of ether oxygens (including phenoxy) is 1. The summed E-state index contributed by atoms with van der Waals surface area (Å²) < 4.78 is 5.50. The molecule has 0 bridgehead atoms. The lowest BCUT2D eigenvalue weighted by molar-refractivity contribution is -0.385. The maximum Gasteiger partial charge on any atom is 0.273 e. The lowest BCUT2D eigenvalue weighted by Crippen LogP contribution is -1.99. The molecule has 0 fully saturated rings. The normalized spacial score (nSPS) is 10.2. The second-order valence-electron chi connectivity index (χ2n) is 4.04. The van der Waals surface area contributed by atoms with E-state index in [0.29, 0.717) is 24.5 Å². The first-order chi connectivity index (χ1) is 9.17. The fraction of sp³-hybridized carbons (Fsp3) is 0.462. The molecule has 0 radical (unpaired) electrons. The van der Waals surface area contributed by atoms with Gasteiger partial charge >= 0.3 is 0 Å². The van der Waals surface area contributed by atoms with E-state index in [0.717, 1.165) is 24.7 Å². The van der Waals surface area contributed by atoms with Crippen LogP contribution in [0.3, 0.4) is 0 Å². The zero-order valence-corrected chi connectivity index (χ0v) is 11.6. The Hall–Kier alpha value is -1.56. The van der Waals surface area contributed by atoms with Crippen LogP contribution in [0.5, 0.6) is 5.75 Å². The predicted molar refractivity (Wildman–Crippen MR) is 75.7 cm³/mol. The van der Waals surface area contributed by atoms with Crippen LogP contribution in [0, 0.1) is 10.1 Å². The van der Waals surface area contributed by atoms with Crippen LogP contribution in [-0.4, -0.2) is 24.1 Å². The maximum atomic E-state index is 10.8. The number of hydrogen-bond acceptors (Lipinski definition) is 5. The zero-order chi connectivity index (χ0) is 14.1. The molecular weight excluding hydrogens is 266 g/mol. The molecule has 1 aromatic carbocycles. The van der Waals surface area contributed by atoms with Gasteiger partial charge in [0.05, 0.1) is 17.6 Å². The minimum atomic E-state index is -0.414. The minimum absolute atomic E-state index is 0.0504. The van der Waals surface area contributed by atoms with Crippen molar-refractivity contribution in [2.24, 2.45) is 0 Å². The van der Waals surface area contributed by atoms with Gasteiger partial charge in [-0.25, -0.2) is 0 Å². The Morgan fingerprint density at radius 1 is 1.37 bits per heavy atom. The van der Waals surface area contributed by atoms with E-state index in [1.165, 1.54) is 6.07 Å². The number of benzene rings is 1. The van der Waals surface area contributed by atoms with Gasteiger partial charge in [-0.05, 0) is 30.7 Å². The monoisotopic (exact) mass is 283 g/mol. The molecule has 0 aliphatic rings. The summed E-state index contributed by atoms with van der Waals surface area (Å²) in [6, 6.07) is 4.82. The number of carbonyl (C=O) groups excluding carboxylic acids is 1. The molecule has 0 heterocycles. The summed E-state index contributed by atoms with van der Waals surface area (Å²) in [7, 11) is 0. The van der Waals surface area contributed by atoms with Gasteiger partial charge in [0.1, 0.15) is 12.0 Å². The van der Waals surface area contributed by atoms with Crippen LogP contribution in [-0.2, 0) is 10.5 Å². The van der Waals surface area contributed by atoms with Gasteiger partial charge in [0, 0.05) is 18.2 Å². The van der Waals surface area contributed by atoms with E-state index in [1.54, 1.807) is 17.8 Å². The number of nitro groups is 1. The number of nitro benzene ring substituents is 1. The van der Waals surface area contributed by atoms with Gasteiger partial charge in [-0.2, -0.15) is 11.8 Å². The molecule has 0 aliphatic carbocycles. The van der Waals surface area contributed by atoms with Gasteiger partial charge in [-0.3, -0.25) is 10.1 Å². The van der Waals surface area contributed by atoms with Crippen molar-refractivity contribution in [3.8, 4) is 5.75 Å². The second kappa shape index (κ2) is 8.53. The number of non-ortho nitro benzene ring substituents is 1. The molecular formula is C13H17NO4S. The maximum absolute atomic E-state index is 10.8. The fourth-order valence-electron chi connectivity index (χ4n) is 1.60. The molecule has 6 heteroatoms. The van der Waals surface area contributed by atoms with Crippen LogP contribution in [0.2, 0.25) is 0 Å². The van der Waals surface area contributed by atoms with E-state index in [2.05, 4.69) is 0 Å². The quantitative estimate of drug-likeness (QED) is 0.301. The molecule has 0 saturated carbocycles. The Morgan fingerprint density at radius 2 is 2.16 bits per heavy atom. The van der Waals surface area contributed by atoms with Gasteiger partial charge in [-0.15, -0.1) is 0 Å². The van der Waals surface area contributed by atoms with Crippen LogP contribution < -0.4 is 4.74 Å². The molecule has 0 spiro atoms. The third kappa shape index (κ3) is 5.74. The van der Waals surface area contributed by atoms with E-state index in [1.807, 2.05) is 12.3 Å². The Bertz CT molecular complexity index is 437. The molecule has 0 N–H and O–H groups in total. The smallest absolute Gasteiger partial charge is 0.273 e. The first-order valence-corrected chi connectivity index (χ1v) is 7.40. The van der Waals surface area contributed by atoms with Crippen LogP contribution >= 0.6 is 11.8 Å². The molecule has 0 amide bonds. The molecule has 1 rings (SSSR count). The fourth-order valence-corrected chi connectivity index (χ4v) is 2.10. The van der Waals surface area contributed by atoms with Crippen molar-refractivity contribution < 1.29 is 14.5 Å². The van der Waals surface area contributed by atoms with Crippen molar-refractivity contribution in [2.75, 3.05) is 12.9 Å². The summed E-state index contributed by atoms with van der Waals surface area (Å²) in [4.78, 5) is 20.6. The van der Waals surface area contributed by atoms with E-state index in [-0.39, 0.29) is 5.69 Å². The first kappa shape index (κ1) is 15.5. The third-order valence-electron chi connectivity index (χ3n) is 2.46. The van der Waals surface area contributed by atoms with Gasteiger partial charge in [0.25, 0.3) is 5.69 Å². The second-order valence-corrected chi connectivity index (χ2v) is 4.90. The van der Waals surface area contributed by atoms with Crippen molar-refractivity contribution in [2.45, 2.75) is 25.0 Å². The van der Waals surface area contributed by atoms with Crippen molar-refractivity contribution in [3.05, 3.63) is 33.9 Å². The topological polar surface area (TPSA) is 69.4 Å². The lowest BCUT2D eigenvalue weighted by Gasteiger charge is -2.07. The highest BCUT2D eigenvalue weighted by Gasteiger charge is 2.10. The molecule has 0 aliphatic heterocycles. The number of thioether (sulfide) groups is 1. The average Bonchev–Trinajstić information content (AvgIpc) is 2.38. The Morgan fingerprint density at radius 3 is 2.79 bits per heavy atom. The van der Waals surface area contributed by atoms with E-state index in [4.69, 9.17) is 4.74 Å². The molecule has 5 nitrogen and oxygen atoms in total. The first-order valence-electron chi connectivity index (χ1n) is 6.01. The Balaban J connectivity index is 2.64. The Labute approximate surface area is 116 Å². The summed E-state index contributed by atoms with van der Waals surface area (Å²) >= 11 is 1.60. The van der Waals surface area contributed by atoms with Crippen LogP contribution in [0.15, 0.2) is 18.2 Å². The molecule has 1 aromatic rings. The standard InChI is InChI=1S/C13H17NO4S/c1-19-10-11-7-12(14(16)17)9-13(8-11)18-6-4-2-3-5-15/h5,7-9H,2-4,6,10H2,1H3. The number of rotatable bonds is 9. The summed E-state index contributed by atoms with van der Waals surface area (Å²) in [6.45, 7) is 0.466. The van der Waals surface area contributed by atoms with Crippen LogP contribution in [0.1, 0.15) is 24.8 Å². The number of hydrogen-bond donors (Lipinski definition) is 0. The summed E-state index contributed by atoms with van der Waals surface area (Å²) in [6.07, 6.45) is 4.88. The van der Waals surface area contributed by atoms with Gasteiger partial charge in [0.15, 0.2) is 0 Å². The molecule has 0 unspecified atom stereocenters. The zero-order valence-electron chi connectivity index (χ0n) is 10.8. The largest absolute Gasteiger partial charge is 0.493 e. The number of unbranched alkanes of at least 4 members (excludes halogenated alkanes) is 2. The van der Waals surface area contributed by atoms with Gasteiger partial charge in [-0.1, -0.05) is 0 Å². The third-order valence-corrected chi connectivity index (χ3v) is 3.08. The molecule has 104 valence electrons. The molecule has 0 aromatic heterocycles. The molecule has 19 heavy (non-hydrogen) atoms. The van der Waals surface area contributed by atoms with Crippen LogP contribution in [0.4, 0.5) is 5.69 Å². The highest BCUT2D eigenvalue weighted by molar-refractivity contribution is 7.97. The highest BCUT2D eigenvalue weighted by atomic mass is 32.2. The van der Waals surface area contributed by atoms with Crippen molar-refractivity contribution in [1.82, 2.24) is 0 Å². The number of nitrogens with zero attached hydrogens (tertiary/aromatic N) is 1. The van der Waals surface area contributed by atoms with Gasteiger partial charge < -0.3 is 9.53 Å². The number of carbonyl (C=O) groups is 1. The van der Waals surface area contributed by atoms with E-state index < -0.39 is 4.92 Å². The number of aldehydes is 1. The van der Waals surface area contributed by atoms with Crippen molar-refractivity contribution >= 4 is 23.7 Å². The molecule has 0 saturated heterocycles. The van der Waals surface area contributed by atoms with Gasteiger partial charge in [0.2, 0.25) is 0 Å². The molecule has 0 atom stereocenters. The minimum Gasteiger partial charge on any atom is -0.493 e. The Kier molecular flexibility index (Phi) is 6.95. The lowest BCUT2D eigenvalue weighted by atomic mass is 10.2. The van der Waals surface area contributed by atoms with Crippen LogP contribution in [0.25, 0.3) is 0 Å². The summed E-state index contributed by atoms with van der Waals surface area (Å²) in [5.41, 5.74) is 0.930. The highest BCUT2D eigenvalue weighted by Crippen LogP contribution is 2.25. The van der Waals surface area contributed by atoms with E-state index in [9.17, 15) is 14.9 Å². The van der Waals surface area contributed by atoms with Crippen molar-refractivity contribution in [3.63, 3.8) is 0 Å². The summed E-state index contributed by atoms with van der Waals surface area (Å²) in [5.74, 6) is 1.23. The predicted octanol–water partition coefficient (Wildman–Crippen LogP) is 3.21. The summed E-state index contributed by atoms with van der Waals surface area (Å²) in [5, 5.41) is 10.8. The SMILES string of the molecule is CSCc1cc(OCCCCC=O)cc([N+](=O)[O-])c1. The van der Waals surface area contributed by atoms with E-state index >= 15 is 0 Å². The average molecular weight is 283 g/mol.